The molecule has 0 aliphatic heterocycles. The van der Waals surface area contributed by atoms with Crippen molar-refractivity contribution in [3.63, 3.8) is 0 Å². The highest BCUT2D eigenvalue weighted by Crippen LogP contribution is 2.34. The van der Waals surface area contributed by atoms with Crippen molar-refractivity contribution >= 4 is 21.6 Å². The molecule has 0 radical (unpaired) electrons. The lowest BCUT2D eigenvalue weighted by atomic mass is 10.2. The molecule has 3 aromatic heterocycles. The molecule has 0 saturated heterocycles. The van der Waals surface area contributed by atoms with Gasteiger partial charge >= 0.3 is 0 Å². The van der Waals surface area contributed by atoms with E-state index in [0.29, 0.717) is 11.7 Å². The van der Waals surface area contributed by atoms with E-state index in [0.717, 1.165) is 40.6 Å². The fraction of sp³-hybridized carbons (Fsp3) is 0.211. The van der Waals surface area contributed by atoms with Crippen LogP contribution in [-0.4, -0.2) is 14.5 Å². The number of hydrogen-bond acceptors (Lipinski definition) is 5. The summed E-state index contributed by atoms with van der Waals surface area (Å²) in [4.78, 5) is 23.7. The number of hydrogen-bond donors (Lipinski definition) is 0. The van der Waals surface area contributed by atoms with Crippen LogP contribution in [-0.2, 0) is 19.4 Å². The minimum Gasteiger partial charge on any atom is -0.439 e. The van der Waals surface area contributed by atoms with E-state index in [4.69, 9.17) is 4.42 Å². The Morgan fingerprint density at radius 2 is 2.04 bits per heavy atom. The highest BCUT2D eigenvalue weighted by atomic mass is 32.1. The molecule has 3 heterocycles. The summed E-state index contributed by atoms with van der Waals surface area (Å²) in [5, 5.41) is 0.746. The van der Waals surface area contributed by atoms with E-state index in [-0.39, 0.29) is 17.9 Å². The second-order valence-corrected chi connectivity index (χ2v) is 7.42. The number of fused-ring (bicyclic) bond motifs is 3. The monoisotopic (exact) mass is 367 g/mol. The molecule has 0 N–H and O–H groups in total. The number of benzene rings is 1. The van der Waals surface area contributed by atoms with Crippen molar-refractivity contribution in [3.05, 3.63) is 69.3 Å². The number of halogens is 1. The zero-order valence-electron chi connectivity index (χ0n) is 13.7. The minimum absolute atomic E-state index is 0.0454. The van der Waals surface area contributed by atoms with Crippen LogP contribution in [0.15, 0.2) is 46.0 Å². The van der Waals surface area contributed by atoms with E-state index in [1.54, 1.807) is 36.0 Å². The van der Waals surface area contributed by atoms with Crippen LogP contribution in [0.25, 0.3) is 21.5 Å². The van der Waals surface area contributed by atoms with Gasteiger partial charge in [-0.25, -0.2) is 14.4 Å². The van der Waals surface area contributed by atoms with Crippen LogP contribution < -0.4 is 5.56 Å². The summed E-state index contributed by atoms with van der Waals surface area (Å²) < 4.78 is 20.3. The molecule has 130 valence electrons. The number of aromatic nitrogens is 3. The van der Waals surface area contributed by atoms with Crippen LogP contribution in [0.4, 0.5) is 4.39 Å². The van der Waals surface area contributed by atoms with Gasteiger partial charge < -0.3 is 4.42 Å². The number of aryl methyl sites for hydroxylation is 2. The number of rotatable bonds is 3. The van der Waals surface area contributed by atoms with Crippen molar-refractivity contribution in [2.24, 2.45) is 0 Å². The third-order valence-electron chi connectivity index (χ3n) is 4.68. The molecule has 26 heavy (non-hydrogen) atoms. The van der Waals surface area contributed by atoms with Crippen molar-refractivity contribution in [3.8, 4) is 11.3 Å². The Bertz CT molecular complexity index is 1170. The fourth-order valence-corrected chi connectivity index (χ4v) is 4.63. The van der Waals surface area contributed by atoms with Gasteiger partial charge in [-0.15, -0.1) is 11.3 Å². The average molecular weight is 367 g/mol. The summed E-state index contributed by atoms with van der Waals surface area (Å²) in [5.74, 6) is 0.653. The molecule has 0 unspecified atom stereocenters. The Hall–Kier alpha value is -2.80. The van der Waals surface area contributed by atoms with E-state index < -0.39 is 0 Å². The summed E-state index contributed by atoms with van der Waals surface area (Å²) in [6.45, 7) is 0.216. The summed E-state index contributed by atoms with van der Waals surface area (Å²) >= 11 is 1.62. The SMILES string of the molecule is O=c1c2c3c(sc2ncn1Cc1ncc(-c2ccc(F)cc2)o1)CCC3. The second kappa shape index (κ2) is 5.88. The lowest BCUT2D eigenvalue weighted by molar-refractivity contribution is 0.484. The molecule has 0 atom stereocenters. The number of oxazole rings is 1. The second-order valence-electron chi connectivity index (χ2n) is 6.34. The van der Waals surface area contributed by atoms with Crippen LogP contribution in [0.5, 0.6) is 0 Å². The minimum atomic E-state index is -0.303. The molecular weight excluding hydrogens is 353 g/mol. The van der Waals surface area contributed by atoms with Gasteiger partial charge in [0.15, 0.2) is 5.76 Å². The first kappa shape index (κ1) is 15.5. The Morgan fingerprint density at radius 3 is 2.88 bits per heavy atom. The topological polar surface area (TPSA) is 60.9 Å². The molecule has 1 aliphatic carbocycles. The Morgan fingerprint density at radius 1 is 1.19 bits per heavy atom. The molecule has 5 rings (SSSR count). The highest BCUT2D eigenvalue weighted by molar-refractivity contribution is 7.18. The molecule has 7 heteroatoms. The molecule has 1 aromatic carbocycles. The standard InChI is InChI=1S/C19H14FN3O2S/c20-12-6-4-11(5-7-12)14-8-21-16(25-14)9-23-10-22-18-17(19(23)24)13-2-1-3-15(13)26-18/h4-8,10H,1-3,9H2. The van der Waals surface area contributed by atoms with E-state index in [1.807, 2.05) is 0 Å². The van der Waals surface area contributed by atoms with Crippen molar-refractivity contribution in [1.29, 1.82) is 0 Å². The molecule has 1 aliphatic rings. The Labute approximate surface area is 151 Å². The maximum atomic E-state index is 13.0. The maximum absolute atomic E-state index is 13.0. The molecular formula is C19H14FN3O2S. The molecule has 0 amide bonds. The van der Waals surface area contributed by atoms with Crippen molar-refractivity contribution < 1.29 is 8.81 Å². The zero-order valence-corrected chi connectivity index (χ0v) is 14.6. The van der Waals surface area contributed by atoms with Gasteiger partial charge in [-0.2, -0.15) is 0 Å². The quantitative estimate of drug-likeness (QED) is 0.553. The van der Waals surface area contributed by atoms with Gasteiger partial charge in [-0.05, 0) is 49.1 Å². The van der Waals surface area contributed by atoms with Gasteiger partial charge in [-0.1, -0.05) is 0 Å². The lowest BCUT2D eigenvalue weighted by Crippen LogP contribution is -2.21. The van der Waals surface area contributed by atoms with E-state index in [9.17, 15) is 9.18 Å². The highest BCUT2D eigenvalue weighted by Gasteiger charge is 2.21. The van der Waals surface area contributed by atoms with Gasteiger partial charge in [0, 0.05) is 10.4 Å². The smallest absolute Gasteiger partial charge is 0.262 e. The summed E-state index contributed by atoms with van der Waals surface area (Å²) in [6.07, 6.45) is 6.23. The first-order valence-electron chi connectivity index (χ1n) is 8.39. The first-order valence-corrected chi connectivity index (χ1v) is 9.21. The predicted octanol–water partition coefficient (Wildman–Crippen LogP) is 3.79. The number of nitrogens with zero attached hydrogens (tertiary/aromatic N) is 3. The molecule has 0 fully saturated rings. The van der Waals surface area contributed by atoms with Crippen molar-refractivity contribution in [2.75, 3.05) is 0 Å². The van der Waals surface area contributed by atoms with Crippen molar-refractivity contribution in [1.82, 2.24) is 14.5 Å². The van der Waals surface area contributed by atoms with E-state index >= 15 is 0 Å². The van der Waals surface area contributed by atoms with Crippen LogP contribution in [0.3, 0.4) is 0 Å². The largest absolute Gasteiger partial charge is 0.439 e. The number of thiophene rings is 1. The van der Waals surface area contributed by atoms with Gasteiger partial charge in [0.1, 0.15) is 17.2 Å². The third-order valence-corrected chi connectivity index (χ3v) is 5.88. The van der Waals surface area contributed by atoms with Crippen LogP contribution in [0.1, 0.15) is 22.8 Å². The summed E-state index contributed by atoms with van der Waals surface area (Å²) in [6, 6.07) is 6.01. The molecule has 0 spiro atoms. The zero-order chi connectivity index (χ0) is 17.7. The average Bonchev–Trinajstić information content (AvgIpc) is 3.34. The maximum Gasteiger partial charge on any atom is 0.262 e. The van der Waals surface area contributed by atoms with Crippen LogP contribution >= 0.6 is 11.3 Å². The van der Waals surface area contributed by atoms with E-state index in [2.05, 4.69) is 9.97 Å². The fourth-order valence-electron chi connectivity index (χ4n) is 3.41. The Kier molecular flexibility index (Phi) is 3.49. The van der Waals surface area contributed by atoms with Gasteiger partial charge in [-0.3, -0.25) is 9.36 Å². The molecule has 0 saturated carbocycles. The van der Waals surface area contributed by atoms with Crippen molar-refractivity contribution in [2.45, 2.75) is 25.8 Å². The van der Waals surface area contributed by atoms with Gasteiger partial charge in [0.25, 0.3) is 5.56 Å². The van der Waals surface area contributed by atoms with Crippen LogP contribution in [0.2, 0.25) is 0 Å². The predicted molar refractivity (Wildman–Crippen MR) is 96.9 cm³/mol. The van der Waals surface area contributed by atoms with E-state index in [1.165, 1.54) is 21.6 Å². The third kappa shape index (κ3) is 2.47. The summed E-state index contributed by atoms with van der Waals surface area (Å²) in [7, 11) is 0. The first-order chi connectivity index (χ1) is 12.7. The van der Waals surface area contributed by atoms with Crippen LogP contribution in [0, 0.1) is 5.82 Å². The van der Waals surface area contributed by atoms with Gasteiger partial charge in [0.05, 0.1) is 17.9 Å². The summed E-state index contributed by atoms with van der Waals surface area (Å²) in [5.41, 5.74) is 1.86. The molecule has 4 aromatic rings. The Balaban J connectivity index is 1.49. The lowest BCUT2D eigenvalue weighted by Gasteiger charge is -2.03. The van der Waals surface area contributed by atoms with Gasteiger partial charge in [0.2, 0.25) is 5.89 Å². The molecule has 5 nitrogen and oxygen atoms in total. The normalized spacial score (nSPS) is 13.4. The molecule has 0 bridgehead atoms.